The van der Waals surface area contributed by atoms with Crippen LogP contribution in [-0.2, 0) is 0 Å². The van der Waals surface area contributed by atoms with Crippen LogP contribution in [0.1, 0.15) is 17.3 Å². The Balaban J connectivity index is 2.41. The summed E-state index contributed by atoms with van der Waals surface area (Å²) in [6.07, 6.45) is 3.06. The summed E-state index contributed by atoms with van der Waals surface area (Å²) in [7, 11) is 1.50. The van der Waals surface area contributed by atoms with Gasteiger partial charge in [0.2, 0.25) is 5.88 Å². The average Bonchev–Trinajstić information content (AvgIpc) is 2.41. The molecule has 0 aliphatic rings. The van der Waals surface area contributed by atoms with E-state index in [1.54, 1.807) is 12.1 Å². The van der Waals surface area contributed by atoms with Crippen molar-refractivity contribution in [2.75, 3.05) is 7.11 Å². The molecule has 0 saturated heterocycles. The lowest BCUT2D eigenvalue weighted by Crippen LogP contribution is -2.15. The maximum atomic E-state index is 13.2. The molecule has 0 bridgehead atoms. The van der Waals surface area contributed by atoms with Crippen LogP contribution in [0.4, 0.5) is 4.39 Å². The molecule has 18 heavy (non-hydrogen) atoms. The molecule has 0 radical (unpaired) electrons. The number of halogens is 2. The van der Waals surface area contributed by atoms with Crippen LogP contribution in [0, 0.1) is 5.82 Å². The van der Waals surface area contributed by atoms with Crippen LogP contribution < -0.4 is 10.5 Å². The molecule has 2 aromatic rings. The molecular weight excluding hydrogens is 301 g/mol. The molecule has 4 nitrogen and oxygen atoms in total. The second-order valence-corrected chi connectivity index (χ2v) is 4.46. The first-order chi connectivity index (χ1) is 8.63. The molecule has 1 unspecified atom stereocenters. The number of ether oxygens (including phenoxy) is 1. The van der Waals surface area contributed by atoms with E-state index < -0.39 is 6.04 Å². The molecule has 2 rings (SSSR count). The summed E-state index contributed by atoms with van der Waals surface area (Å²) < 4.78 is 18.6. The van der Waals surface area contributed by atoms with Gasteiger partial charge in [0, 0.05) is 12.4 Å². The summed E-state index contributed by atoms with van der Waals surface area (Å²) in [6, 6.07) is 4.06. The van der Waals surface area contributed by atoms with Crippen molar-refractivity contribution < 1.29 is 9.13 Å². The Morgan fingerprint density at radius 3 is 2.72 bits per heavy atom. The largest absolute Gasteiger partial charge is 0.480 e. The molecule has 0 spiro atoms. The Morgan fingerprint density at radius 2 is 2.06 bits per heavy atom. The fourth-order valence-corrected chi connectivity index (χ4v) is 1.97. The van der Waals surface area contributed by atoms with Crippen LogP contribution in [-0.4, -0.2) is 17.1 Å². The van der Waals surface area contributed by atoms with Gasteiger partial charge in [0.05, 0.1) is 17.6 Å². The van der Waals surface area contributed by atoms with E-state index in [-0.39, 0.29) is 5.82 Å². The number of nitrogens with two attached hydrogens (primary N) is 1. The van der Waals surface area contributed by atoms with Gasteiger partial charge in [-0.1, -0.05) is 6.07 Å². The molecule has 1 heterocycles. The zero-order chi connectivity index (χ0) is 13.1. The number of rotatable bonds is 3. The van der Waals surface area contributed by atoms with Crippen molar-refractivity contribution >= 4 is 15.9 Å². The highest BCUT2D eigenvalue weighted by Gasteiger charge is 2.17. The Hall–Kier alpha value is -1.53. The fraction of sp³-hybridized carbons (Fsp3) is 0.167. The molecule has 0 fully saturated rings. The molecule has 2 N–H and O–H groups in total. The first kappa shape index (κ1) is 12.9. The Labute approximate surface area is 112 Å². The molecule has 0 aliphatic carbocycles. The second-order valence-electron chi connectivity index (χ2n) is 3.60. The van der Waals surface area contributed by atoms with Crippen LogP contribution in [0.15, 0.2) is 35.1 Å². The summed E-state index contributed by atoms with van der Waals surface area (Å²) in [5.74, 6) is 0.0301. The number of nitrogens with zero attached hydrogens (tertiary/aromatic N) is 2. The van der Waals surface area contributed by atoms with Gasteiger partial charge in [-0.3, -0.25) is 4.98 Å². The van der Waals surface area contributed by atoms with Crippen LogP contribution in [0.5, 0.6) is 5.88 Å². The van der Waals surface area contributed by atoms with Gasteiger partial charge in [-0.25, -0.2) is 9.37 Å². The van der Waals surface area contributed by atoms with E-state index in [9.17, 15) is 4.39 Å². The normalized spacial score (nSPS) is 12.2. The van der Waals surface area contributed by atoms with E-state index in [2.05, 4.69) is 25.9 Å². The third-order valence-corrected chi connectivity index (χ3v) is 3.09. The highest BCUT2D eigenvalue weighted by atomic mass is 79.9. The van der Waals surface area contributed by atoms with Crippen molar-refractivity contribution in [3.8, 4) is 5.88 Å². The Morgan fingerprint density at radius 1 is 1.33 bits per heavy atom. The molecule has 6 heteroatoms. The van der Waals surface area contributed by atoms with Gasteiger partial charge in [-0.15, -0.1) is 0 Å². The van der Waals surface area contributed by atoms with Gasteiger partial charge < -0.3 is 10.5 Å². The van der Waals surface area contributed by atoms with Crippen molar-refractivity contribution in [3.05, 3.63) is 52.1 Å². The van der Waals surface area contributed by atoms with Crippen LogP contribution in [0.2, 0.25) is 0 Å². The highest BCUT2D eigenvalue weighted by molar-refractivity contribution is 9.10. The fourth-order valence-electron chi connectivity index (χ4n) is 1.57. The first-order valence-corrected chi connectivity index (χ1v) is 5.98. The number of benzene rings is 1. The van der Waals surface area contributed by atoms with Crippen molar-refractivity contribution in [2.24, 2.45) is 5.73 Å². The van der Waals surface area contributed by atoms with E-state index >= 15 is 0 Å². The predicted octanol–water partition coefficient (Wildman–Crippen LogP) is 2.43. The molecule has 0 amide bonds. The van der Waals surface area contributed by atoms with E-state index in [1.165, 1.54) is 25.6 Å². The van der Waals surface area contributed by atoms with Crippen LogP contribution in [0.25, 0.3) is 0 Å². The van der Waals surface area contributed by atoms with Gasteiger partial charge in [0.15, 0.2) is 0 Å². The van der Waals surface area contributed by atoms with Gasteiger partial charge >= 0.3 is 0 Å². The van der Waals surface area contributed by atoms with Crippen molar-refractivity contribution in [1.82, 2.24) is 9.97 Å². The summed E-state index contributed by atoms with van der Waals surface area (Å²) in [6.45, 7) is 0. The zero-order valence-electron chi connectivity index (χ0n) is 9.60. The van der Waals surface area contributed by atoms with Crippen LogP contribution >= 0.6 is 15.9 Å². The second kappa shape index (κ2) is 5.41. The lowest BCUT2D eigenvalue weighted by atomic mass is 10.0. The van der Waals surface area contributed by atoms with E-state index in [1.807, 2.05) is 0 Å². The highest BCUT2D eigenvalue weighted by Crippen LogP contribution is 2.27. The number of aromatic nitrogens is 2. The Kier molecular flexibility index (Phi) is 3.88. The molecule has 94 valence electrons. The topological polar surface area (TPSA) is 61.0 Å². The maximum absolute atomic E-state index is 13.2. The summed E-state index contributed by atoms with van der Waals surface area (Å²) in [5, 5.41) is 0. The van der Waals surface area contributed by atoms with Crippen LogP contribution in [0.3, 0.4) is 0 Å². The van der Waals surface area contributed by atoms with Gasteiger partial charge in [-0.05, 0) is 33.6 Å². The van der Waals surface area contributed by atoms with Gasteiger partial charge in [0.25, 0.3) is 0 Å². The molecular formula is C12H11BrFN3O. The molecule has 0 aliphatic heterocycles. The monoisotopic (exact) mass is 311 g/mol. The summed E-state index contributed by atoms with van der Waals surface area (Å²) >= 11 is 3.12. The number of hydrogen-bond donors (Lipinski definition) is 1. The molecule has 0 saturated carbocycles. The third kappa shape index (κ3) is 2.49. The Bertz CT molecular complexity index is 565. The first-order valence-electron chi connectivity index (χ1n) is 5.19. The van der Waals surface area contributed by atoms with Gasteiger partial charge in [0.1, 0.15) is 11.5 Å². The lowest BCUT2D eigenvalue weighted by molar-refractivity contribution is 0.387. The SMILES string of the molecule is COc1nccnc1C(N)c1ccc(F)c(Br)c1. The third-order valence-electron chi connectivity index (χ3n) is 2.48. The quantitative estimate of drug-likeness (QED) is 0.945. The maximum Gasteiger partial charge on any atom is 0.237 e. The molecule has 1 aromatic carbocycles. The minimum Gasteiger partial charge on any atom is -0.480 e. The lowest BCUT2D eigenvalue weighted by Gasteiger charge is -2.14. The number of hydrogen-bond acceptors (Lipinski definition) is 4. The van der Waals surface area contributed by atoms with Crippen molar-refractivity contribution in [1.29, 1.82) is 0 Å². The van der Waals surface area contributed by atoms with Crippen molar-refractivity contribution in [2.45, 2.75) is 6.04 Å². The van der Waals surface area contributed by atoms with E-state index in [4.69, 9.17) is 10.5 Å². The standard InChI is InChI=1S/C12H11BrFN3O/c1-18-12-11(16-4-5-17-12)10(15)7-2-3-9(14)8(13)6-7/h2-6,10H,15H2,1H3. The minimum atomic E-state index is -0.523. The van der Waals surface area contributed by atoms with Gasteiger partial charge in [-0.2, -0.15) is 0 Å². The molecule has 1 aromatic heterocycles. The smallest absolute Gasteiger partial charge is 0.237 e. The molecule has 1 atom stereocenters. The summed E-state index contributed by atoms with van der Waals surface area (Å²) in [4.78, 5) is 8.19. The predicted molar refractivity (Wildman–Crippen MR) is 68.7 cm³/mol. The summed E-state index contributed by atoms with van der Waals surface area (Å²) in [5.41, 5.74) is 7.32. The van der Waals surface area contributed by atoms with E-state index in [0.717, 1.165) is 5.56 Å². The van der Waals surface area contributed by atoms with Crippen molar-refractivity contribution in [3.63, 3.8) is 0 Å². The zero-order valence-corrected chi connectivity index (χ0v) is 11.2. The van der Waals surface area contributed by atoms with E-state index in [0.29, 0.717) is 16.0 Å². The number of methoxy groups -OCH3 is 1. The minimum absolute atomic E-state index is 0.336. The average molecular weight is 312 g/mol.